The van der Waals surface area contributed by atoms with Gasteiger partial charge < -0.3 is 9.25 Å². The molecule has 3 aromatic rings. The zero-order valence-electron chi connectivity index (χ0n) is 15.8. The van der Waals surface area contributed by atoms with Gasteiger partial charge in [0.05, 0.1) is 11.3 Å². The first-order valence-electron chi connectivity index (χ1n) is 9.46. The van der Waals surface area contributed by atoms with E-state index in [2.05, 4.69) is 10.1 Å². The summed E-state index contributed by atoms with van der Waals surface area (Å²) in [5.41, 5.74) is 1.17. The number of oxazole rings is 1. The lowest BCUT2D eigenvalue weighted by Crippen LogP contribution is -2.07. The Morgan fingerprint density at radius 3 is 2.57 bits per heavy atom. The predicted molar refractivity (Wildman–Crippen MR) is 107 cm³/mol. The Hall–Kier alpha value is -2.80. The molecule has 0 amide bonds. The second-order valence-corrected chi connectivity index (χ2v) is 7.59. The van der Waals surface area contributed by atoms with Crippen LogP contribution in [0.2, 0.25) is 5.02 Å². The van der Waals surface area contributed by atoms with Crippen LogP contribution in [-0.2, 0) is 17.6 Å². The van der Waals surface area contributed by atoms with Crippen LogP contribution in [0.15, 0.2) is 64.4 Å². The molecule has 0 unspecified atom stereocenters. The third-order valence-electron chi connectivity index (χ3n) is 4.76. The Balaban J connectivity index is 1.48. The van der Waals surface area contributed by atoms with E-state index in [9.17, 15) is 13.2 Å². The minimum absolute atomic E-state index is 0.0144. The molecule has 0 bridgehead atoms. The van der Waals surface area contributed by atoms with Gasteiger partial charge in [0.25, 0.3) is 0 Å². The summed E-state index contributed by atoms with van der Waals surface area (Å²) in [7, 11) is 0. The topological polar surface area (TPSA) is 47.6 Å². The van der Waals surface area contributed by atoms with Crippen LogP contribution < -0.4 is 0 Å². The maximum absolute atomic E-state index is 13.2. The van der Waals surface area contributed by atoms with E-state index in [1.54, 1.807) is 12.1 Å². The van der Waals surface area contributed by atoms with Crippen LogP contribution in [0.3, 0.4) is 0 Å². The summed E-state index contributed by atoms with van der Waals surface area (Å²) >= 11 is 5.95. The van der Waals surface area contributed by atoms with E-state index in [0.29, 0.717) is 16.6 Å². The highest BCUT2D eigenvalue weighted by Crippen LogP contribution is 2.36. The third kappa shape index (κ3) is 5.02. The maximum Gasteiger partial charge on any atom is 0.417 e. The highest BCUT2D eigenvalue weighted by atomic mass is 35.5. The Labute approximate surface area is 176 Å². The van der Waals surface area contributed by atoms with Gasteiger partial charge in [0.2, 0.25) is 5.89 Å². The average molecular weight is 435 g/mol. The molecule has 0 N–H and O–H groups in total. The molecule has 2 aromatic carbocycles. The average Bonchev–Trinajstić information content (AvgIpc) is 3.42. The van der Waals surface area contributed by atoms with Crippen molar-refractivity contribution in [3.8, 4) is 11.5 Å². The van der Waals surface area contributed by atoms with Crippen molar-refractivity contribution in [1.29, 1.82) is 0 Å². The van der Waals surface area contributed by atoms with E-state index >= 15 is 0 Å². The molecule has 1 aliphatic carbocycles. The van der Waals surface area contributed by atoms with Crippen molar-refractivity contribution in [3.05, 3.63) is 76.6 Å². The molecule has 1 aliphatic rings. The summed E-state index contributed by atoms with van der Waals surface area (Å²) in [6, 6.07) is 12.5. The number of rotatable bonds is 7. The van der Waals surface area contributed by atoms with Gasteiger partial charge >= 0.3 is 6.18 Å². The van der Waals surface area contributed by atoms with Crippen molar-refractivity contribution in [2.75, 3.05) is 0 Å². The van der Waals surface area contributed by atoms with Gasteiger partial charge in [-0.25, -0.2) is 4.98 Å². The van der Waals surface area contributed by atoms with Gasteiger partial charge in [-0.15, -0.1) is 0 Å². The molecule has 0 aliphatic heterocycles. The van der Waals surface area contributed by atoms with Gasteiger partial charge in [-0.2, -0.15) is 13.2 Å². The minimum Gasteiger partial charge on any atom is -0.444 e. The molecular formula is C22H18ClF3N2O2. The Kier molecular flexibility index (Phi) is 5.81. The SMILES string of the molecule is FC(F)(F)c1ccccc1-c1nc(CO/N=C(\CC2CC2)c2ccc(Cl)cc2)co1. The van der Waals surface area contributed by atoms with Crippen molar-refractivity contribution >= 4 is 17.3 Å². The summed E-state index contributed by atoms with van der Waals surface area (Å²) < 4.78 is 44.9. The highest BCUT2D eigenvalue weighted by Gasteiger charge is 2.34. The van der Waals surface area contributed by atoms with E-state index in [1.165, 1.54) is 24.5 Å². The molecule has 0 atom stereocenters. The van der Waals surface area contributed by atoms with E-state index in [-0.39, 0.29) is 18.1 Å². The van der Waals surface area contributed by atoms with E-state index in [4.69, 9.17) is 20.9 Å². The van der Waals surface area contributed by atoms with Crippen LogP contribution in [0.5, 0.6) is 0 Å². The summed E-state index contributed by atoms with van der Waals surface area (Å²) in [5.74, 6) is 0.488. The number of halogens is 4. The van der Waals surface area contributed by atoms with Crippen LogP contribution in [0, 0.1) is 5.92 Å². The van der Waals surface area contributed by atoms with Crippen LogP contribution in [0.4, 0.5) is 13.2 Å². The summed E-state index contributed by atoms with van der Waals surface area (Å²) in [6.45, 7) is -0.0144. The van der Waals surface area contributed by atoms with Gasteiger partial charge in [-0.05, 0) is 55.0 Å². The summed E-state index contributed by atoms with van der Waals surface area (Å²) in [4.78, 5) is 9.58. The van der Waals surface area contributed by atoms with Gasteiger partial charge in [-0.3, -0.25) is 0 Å². The largest absolute Gasteiger partial charge is 0.444 e. The lowest BCUT2D eigenvalue weighted by molar-refractivity contribution is -0.137. The molecule has 0 radical (unpaired) electrons. The number of hydrogen-bond acceptors (Lipinski definition) is 4. The molecule has 30 heavy (non-hydrogen) atoms. The molecule has 1 aromatic heterocycles. The molecule has 156 valence electrons. The van der Waals surface area contributed by atoms with Gasteiger partial charge in [0.15, 0.2) is 6.61 Å². The van der Waals surface area contributed by atoms with E-state index < -0.39 is 11.7 Å². The zero-order valence-corrected chi connectivity index (χ0v) is 16.6. The molecule has 8 heteroatoms. The minimum atomic E-state index is -4.50. The fourth-order valence-corrected chi connectivity index (χ4v) is 3.16. The number of alkyl halides is 3. The first kappa shape index (κ1) is 20.5. The molecule has 4 rings (SSSR count). The molecule has 1 saturated carbocycles. The smallest absolute Gasteiger partial charge is 0.417 e. The molecule has 0 spiro atoms. The van der Waals surface area contributed by atoms with Crippen LogP contribution in [0.25, 0.3) is 11.5 Å². The molecule has 4 nitrogen and oxygen atoms in total. The van der Waals surface area contributed by atoms with Crippen molar-refractivity contribution in [2.45, 2.75) is 32.0 Å². The Morgan fingerprint density at radius 2 is 1.87 bits per heavy atom. The van der Waals surface area contributed by atoms with Crippen LogP contribution in [0.1, 0.15) is 36.1 Å². The molecule has 1 fully saturated rings. The first-order valence-corrected chi connectivity index (χ1v) is 9.84. The summed E-state index contributed by atoms with van der Waals surface area (Å²) in [5, 5.41) is 4.89. The molecular weight excluding hydrogens is 417 g/mol. The summed E-state index contributed by atoms with van der Waals surface area (Å²) in [6.07, 6.45) is -0.0937. The zero-order chi connectivity index (χ0) is 21.1. The second kappa shape index (κ2) is 8.52. The normalized spacial score (nSPS) is 14.7. The lowest BCUT2D eigenvalue weighted by Gasteiger charge is -2.09. The van der Waals surface area contributed by atoms with E-state index in [0.717, 1.165) is 36.6 Å². The first-order chi connectivity index (χ1) is 14.4. The predicted octanol–water partition coefficient (Wildman–Crippen LogP) is 6.73. The monoisotopic (exact) mass is 434 g/mol. The quantitative estimate of drug-likeness (QED) is 0.306. The third-order valence-corrected chi connectivity index (χ3v) is 5.01. The fourth-order valence-electron chi connectivity index (χ4n) is 3.04. The number of nitrogens with zero attached hydrogens (tertiary/aromatic N) is 2. The standard InChI is InChI=1S/C22H18ClF3N2O2/c23-16-9-7-15(8-10-16)20(11-14-5-6-14)28-30-13-17-12-29-21(27-17)18-3-1-2-4-19(18)22(24,25)26/h1-4,7-10,12,14H,5-6,11,13H2/b28-20+. The molecule has 0 saturated heterocycles. The number of benzene rings is 2. The van der Waals surface area contributed by atoms with Crippen molar-refractivity contribution < 1.29 is 22.4 Å². The fraction of sp³-hybridized carbons (Fsp3) is 0.273. The second-order valence-electron chi connectivity index (χ2n) is 7.15. The van der Waals surface area contributed by atoms with E-state index in [1.807, 2.05) is 12.1 Å². The lowest BCUT2D eigenvalue weighted by atomic mass is 10.1. The Morgan fingerprint density at radius 1 is 1.13 bits per heavy atom. The Bertz CT molecular complexity index is 1040. The van der Waals surface area contributed by atoms with Crippen molar-refractivity contribution in [3.63, 3.8) is 0 Å². The number of aromatic nitrogens is 1. The van der Waals surface area contributed by atoms with Crippen molar-refractivity contribution in [1.82, 2.24) is 4.98 Å². The number of hydrogen-bond donors (Lipinski definition) is 0. The van der Waals surface area contributed by atoms with Gasteiger partial charge in [-0.1, -0.05) is 41.0 Å². The van der Waals surface area contributed by atoms with Gasteiger partial charge in [0.1, 0.15) is 12.0 Å². The van der Waals surface area contributed by atoms with Gasteiger partial charge in [0, 0.05) is 10.6 Å². The maximum atomic E-state index is 13.2. The number of oxime groups is 1. The van der Waals surface area contributed by atoms with Crippen molar-refractivity contribution in [2.24, 2.45) is 11.1 Å². The molecule has 1 heterocycles. The van der Waals surface area contributed by atoms with Crippen LogP contribution in [-0.4, -0.2) is 10.7 Å². The highest BCUT2D eigenvalue weighted by molar-refractivity contribution is 6.30. The van der Waals surface area contributed by atoms with Crippen LogP contribution >= 0.6 is 11.6 Å².